The van der Waals surface area contributed by atoms with Gasteiger partial charge in [0.05, 0.1) is 22.1 Å². The van der Waals surface area contributed by atoms with Crippen LogP contribution in [0.2, 0.25) is 0 Å². The molecule has 0 saturated carbocycles. The summed E-state index contributed by atoms with van der Waals surface area (Å²) in [6.45, 7) is 0. The molecule has 3 aromatic carbocycles. The third-order valence-corrected chi connectivity index (χ3v) is 6.71. The van der Waals surface area contributed by atoms with E-state index in [0.29, 0.717) is 28.1 Å². The highest BCUT2D eigenvalue weighted by atomic mass is 32.2. The Labute approximate surface area is 181 Å². The van der Waals surface area contributed by atoms with Crippen LogP contribution in [-0.4, -0.2) is 45.9 Å². The number of hydrogen-bond acceptors (Lipinski definition) is 6. The Morgan fingerprint density at radius 1 is 0.625 bits per heavy atom. The number of rotatable bonds is 4. The fraction of sp³-hybridized carbons (Fsp3) is 0. The number of imidazole rings is 2. The van der Waals surface area contributed by atoms with E-state index in [9.17, 15) is 25.9 Å². The number of benzene rings is 3. The number of H-pyrrole nitrogens is 2. The Hall–Kier alpha value is -3.58. The van der Waals surface area contributed by atoms with Crippen molar-refractivity contribution in [2.45, 2.75) is 9.79 Å². The molecule has 32 heavy (non-hydrogen) atoms. The molecule has 162 valence electrons. The second-order valence-corrected chi connectivity index (χ2v) is 9.78. The first-order chi connectivity index (χ1) is 15.1. The molecule has 10 nitrogen and oxygen atoms in total. The smallest absolute Gasteiger partial charge is 0.295 e. The van der Waals surface area contributed by atoms with Gasteiger partial charge in [-0.3, -0.25) is 9.11 Å². The van der Waals surface area contributed by atoms with Gasteiger partial charge < -0.3 is 9.97 Å². The van der Waals surface area contributed by atoms with Crippen LogP contribution in [0, 0.1) is 0 Å². The molecular weight excluding hydrogens is 456 g/mol. The Morgan fingerprint density at radius 2 is 1.03 bits per heavy atom. The zero-order valence-electron chi connectivity index (χ0n) is 16.0. The van der Waals surface area contributed by atoms with Gasteiger partial charge in [0.2, 0.25) is 0 Å². The van der Waals surface area contributed by atoms with Gasteiger partial charge in [-0.25, -0.2) is 9.97 Å². The molecule has 0 aliphatic rings. The van der Waals surface area contributed by atoms with Crippen LogP contribution in [-0.2, 0) is 20.2 Å². The Kier molecular flexibility index (Phi) is 4.43. The van der Waals surface area contributed by atoms with Crippen molar-refractivity contribution in [2.24, 2.45) is 0 Å². The van der Waals surface area contributed by atoms with Crippen molar-refractivity contribution in [1.82, 2.24) is 19.9 Å². The van der Waals surface area contributed by atoms with Gasteiger partial charge >= 0.3 is 0 Å². The topological polar surface area (TPSA) is 166 Å². The minimum atomic E-state index is -4.89. The molecular formula is C20H14N4O6S2. The highest BCUT2D eigenvalue weighted by Crippen LogP contribution is 2.36. The lowest BCUT2D eigenvalue weighted by molar-refractivity contribution is 0.481. The van der Waals surface area contributed by atoms with Crippen LogP contribution in [0.1, 0.15) is 0 Å². The van der Waals surface area contributed by atoms with Crippen LogP contribution in [0.4, 0.5) is 0 Å². The summed E-state index contributed by atoms with van der Waals surface area (Å²) < 4.78 is 68.1. The highest BCUT2D eigenvalue weighted by Gasteiger charge is 2.28. The van der Waals surface area contributed by atoms with E-state index >= 15 is 0 Å². The molecule has 0 spiro atoms. The lowest BCUT2D eigenvalue weighted by atomic mass is 10.1. The van der Waals surface area contributed by atoms with Crippen LogP contribution in [0.25, 0.3) is 44.8 Å². The first-order valence-electron chi connectivity index (χ1n) is 9.14. The molecule has 5 rings (SSSR count). The number of fused-ring (bicyclic) bond motifs is 2. The standard InChI is InChI=1S/C20H14N4O6S2/c25-31(26,27)17-10-18(32(28,29)30)12(20-23-15-7-3-4-8-16(15)24-20)9-11(17)19-21-13-5-1-2-6-14(13)22-19/h1-10H,(H,21,22)(H,23,24)(H,25,26,27)(H,28,29,30). The zero-order chi connectivity index (χ0) is 22.7. The van der Waals surface area contributed by atoms with Crippen LogP contribution in [0.5, 0.6) is 0 Å². The molecule has 0 amide bonds. The van der Waals surface area contributed by atoms with E-state index in [1.54, 1.807) is 48.5 Å². The molecule has 0 fully saturated rings. The average molecular weight is 470 g/mol. The first kappa shape index (κ1) is 20.3. The highest BCUT2D eigenvalue weighted by molar-refractivity contribution is 7.86. The van der Waals surface area contributed by atoms with E-state index in [0.717, 1.165) is 0 Å². The summed E-state index contributed by atoms with van der Waals surface area (Å²) in [7, 11) is -9.78. The summed E-state index contributed by atoms with van der Waals surface area (Å²) in [6.07, 6.45) is 0. The molecule has 0 atom stereocenters. The van der Waals surface area contributed by atoms with Crippen LogP contribution < -0.4 is 0 Å². The predicted octanol–water partition coefficient (Wildman–Crippen LogP) is 3.27. The SMILES string of the molecule is O=S(=O)(O)c1cc(S(=O)(=O)O)c(-c2nc3ccccc3[nH]2)cc1-c1nc2ccccc2[nH]1. The summed E-state index contributed by atoms with van der Waals surface area (Å²) in [5.41, 5.74) is 2.10. The van der Waals surface area contributed by atoms with Gasteiger partial charge in [0.25, 0.3) is 20.2 Å². The van der Waals surface area contributed by atoms with Gasteiger partial charge in [0.15, 0.2) is 0 Å². The molecule has 4 N–H and O–H groups in total. The summed E-state index contributed by atoms with van der Waals surface area (Å²) in [5, 5.41) is 0. The Morgan fingerprint density at radius 3 is 1.41 bits per heavy atom. The van der Waals surface area contributed by atoms with E-state index in [1.165, 1.54) is 6.07 Å². The van der Waals surface area contributed by atoms with Gasteiger partial charge in [-0.05, 0) is 36.4 Å². The normalized spacial score (nSPS) is 12.6. The van der Waals surface area contributed by atoms with Crippen molar-refractivity contribution in [2.75, 3.05) is 0 Å². The van der Waals surface area contributed by atoms with Crippen molar-refractivity contribution < 1.29 is 25.9 Å². The summed E-state index contributed by atoms with van der Waals surface area (Å²) in [5.74, 6) is 0.163. The molecule has 0 aliphatic heterocycles. The minimum absolute atomic E-state index is 0.0815. The summed E-state index contributed by atoms with van der Waals surface area (Å²) in [6, 6.07) is 15.8. The lowest BCUT2D eigenvalue weighted by Gasteiger charge is -2.11. The number of aromatic amines is 2. The molecule has 0 saturated heterocycles. The van der Waals surface area contributed by atoms with Gasteiger partial charge in [0, 0.05) is 11.1 Å². The van der Waals surface area contributed by atoms with E-state index in [4.69, 9.17) is 0 Å². The van der Waals surface area contributed by atoms with Gasteiger partial charge in [-0.2, -0.15) is 16.8 Å². The quantitative estimate of drug-likeness (QED) is 0.290. The second-order valence-electron chi connectivity index (χ2n) is 7.00. The van der Waals surface area contributed by atoms with Crippen molar-refractivity contribution in [3.63, 3.8) is 0 Å². The molecule has 5 aromatic rings. The number of nitrogens with zero attached hydrogens (tertiary/aromatic N) is 2. The van der Waals surface area contributed by atoms with Crippen molar-refractivity contribution in [3.05, 3.63) is 60.7 Å². The average Bonchev–Trinajstić information content (AvgIpc) is 3.35. The first-order valence-corrected chi connectivity index (χ1v) is 12.0. The number of para-hydroxylation sites is 4. The van der Waals surface area contributed by atoms with Gasteiger partial charge in [0.1, 0.15) is 21.4 Å². The third-order valence-electron chi connectivity index (χ3n) is 4.93. The fourth-order valence-corrected chi connectivity index (χ4v) is 4.99. The Balaban J connectivity index is 1.87. The number of aromatic nitrogens is 4. The fourth-order valence-electron chi connectivity index (χ4n) is 3.52. The van der Waals surface area contributed by atoms with Crippen LogP contribution >= 0.6 is 0 Å². The molecule has 0 radical (unpaired) electrons. The molecule has 2 aromatic heterocycles. The van der Waals surface area contributed by atoms with Gasteiger partial charge in [-0.15, -0.1) is 0 Å². The van der Waals surface area contributed by atoms with Crippen molar-refractivity contribution in [3.8, 4) is 22.8 Å². The van der Waals surface area contributed by atoms with E-state index in [-0.39, 0.29) is 22.8 Å². The van der Waals surface area contributed by atoms with Crippen molar-refractivity contribution >= 4 is 42.3 Å². The molecule has 0 unspecified atom stereocenters. The zero-order valence-corrected chi connectivity index (χ0v) is 17.6. The largest absolute Gasteiger partial charge is 0.338 e. The second kappa shape index (κ2) is 6.97. The lowest BCUT2D eigenvalue weighted by Crippen LogP contribution is -2.08. The van der Waals surface area contributed by atoms with Crippen LogP contribution in [0.3, 0.4) is 0 Å². The number of hydrogen-bond donors (Lipinski definition) is 4. The van der Waals surface area contributed by atoms with E-state index < -0.39 is 30.0 Å². The van der Waals surface area contributed by atoms with E-state index in [1.807, 2.05) is 0 Å². The van der Waals surface area contributed by atoms with Gasteiger partial charge in [-0.1, -0.05) is 24.3 Å². The molecule has 12 heteroatoms. The molecule has 0 aliphatic carbocycles. The maximum Gasteiger partial charge on any atom is 0.295 e. The summed E-state index contributed by atoms with van der Waals surface area (Å²) >= 11 is 0. The van der Waals surface area contributed by atoms with Crippen molar-refractivity contribution in [1.29, 1.82) is 0 Å². The predicted molar refractivity (Wildman–Crippen MR) is 116 cm³/mol. The maximum atomic E-state index is 12.1. The maximum absolute atomic E-state index is 12.1. The number of nitrogens with one attached hydrogen (secondary N) is 2. The third kappa shape index (κ3) is 3.44. The molecule has 0 bridgehead atoms. The Bertz CT molecular complexity index is 1550. The summed E-state index contributed by atoms with van der Waals surface area (Å²) in [4.78, 5) is 13.2. The van der Waals surface area contributed by atoms with E-state index in [2.05, 4.69) is 19.9 Å². The molecule has 2 heterocycles. The monoisotopic (exact) mass is 470 g/mol. The van der Waals surface area contributed by atoms with Crippen LogP contribution in [0.15, 0.2) is 70.5 Å². The minimum Gasteiger partial charge on any atom is -0.338 e.